The van der Waals surface area contributed by atoms with E-state index in [1.54, 1.807) is 7.05 Å². The summed E-state index contributed by atoms with van der Waals surface area (Å²) >= 11 is 0. The van der Waals surface area contributed by atoms with Crippen LogP contribution in [0.4, 0.5) is 5.69 Å². The zero-order chi connectivity index (χ0) is 14.5. The van der Waals surface area contributed by atoms with Gasteiger partial charge in [-0.05, 0) is 69.6 Å². The van der Waals surface area contributed by atoms with Crippen LogP contribution < -0.4 is 10.6 Å². The van der Waals surface area contributed by atoms with Crippen molar-refractivity contribution in [3.05, 3.63) is 29.3 Å². The molecular formula is C16H25N3O. The molecule has 20 heavy (non-hydrogen) atoms. The number of piperidine rings is 1. The number of anilines is 1. The van der Waals surface area contributed by atoms with Crippen LogP contribution in [0.1, 0.15) is 28.8 Å². The van der Waals surface area contributed by atoms with Crippen molar-refractivity contribution in [2.45, 2.75) is 19.8 Å². The monoisotopic (exact) mass is 275 g/mol. The minimum absolute atomic E-state index is 0.0324. The van der Waals surface area contributed by atoms with Crippen molar-refractivity contribution in [1.29, 1.82) is 0 Å². The number of carbonyl (C=O) groups is 1. The first-order valence-electron chi connectivity index (χ1n) is 7.35. The number of hydrogen-bond acceptors (Lipinski definition) is 3. The smallest absolute Gasteiger partial charge is 0.251 e. The van der Waals surface area contributed by atoms with E-state index in [-0.39, 0.29) is 5.91 Å². The lowest BCUT2D eigenvalue weighted by Gasteiger charge is -2.29. The van der Waals surface area contributed by atoms with Gasteiger partial charge in [-0.1, -0.05) is 0 Å². The van der Waals surface area contributed by atoms with E-state index in [2.05, 4.69) is 22.6 Å². The summed E-state index contributed by atoms with van der Waals surface area (Å²) in [5.74, 6) is 0.721. The summed E-state index contributed by atoms with van der Waals surface area (Å²) in [5.41, 5.74) is 2.98. The lowest BCUT2D eigenvalue weighted by molar-refractivity contribution is 0.0963. The van der Waals surface area contributed by atoms with E-state index in [1.165, 1.54) is 25.9 Å². The van der Waals surface area contributed by atoms with Crippen LogP contribution in [0.2, 0.25) is 0 Å². The molecule has 0 aromatic heterocycles. The van der Waals surface area contributed by atoms with E-state index >= 15 is 0 Å². The summed E-state index contributed by atoms with van der Waals surface area (Å²) in [7, 11) is 3.84. The normalized spacial score (nSPS) is 16.9. The van der Waals surface area contributed by atoms with Crippen LogP contribution >= 0.6 is 0 Å². The molecule has 1 aromatic carbocycles. The first-order chi connectivity index (χ1) is 9.60. The molecule has 1 amide bonds. The predicted molar refractivity (Wildman–Crippen MR) is 83.3 cm³/mol. The number of nitrogens with one attached hydrogen (secondary N) is 2. The van der Waals surface area contributed by atoms with Gasteiger partial charge in [0.15, 0.2) is 0 Å². The minimum Gasteiger partial charge on any atom is -0.385 e. The van der Waals surface area contributed by atoms with Crippen molar-refractivity contribution in [3.8, 4) is 0 Å². The van der Waals surface area contributed by atoms with Gasteiger partial charge in [-0.2, -0.15) is 0 Å². The molecule has 1 fully saturated rings. The molecule has 4 heteroatoms. The topological polar surface area (TPSA) is 44.4 Å². The quantitative estimate of drug-likeness (QED) is 0.884. The van der Waals surface area contributed by atoms with Crippen LogP contribution in [0.3, 0.4) is 0 Å². The second kappa shape index (κ2) is 6.75. The van der Waals surface area contributed by atoms with Gasteiger partial charge in [-0.25, -0.2) is 0 Å². The molecule has 0 spiro atoms. The highest BCUT2D eigenvalue weighted by Crippen LogP contribution is 2.20. The van der Waals surface area contributed by atoms with Crippen LogP contribution in [0.15, 0.2) is 18.2 Å². The lowest BCUT2D eigenvalue weighted by Crippen LogP contribution is -2.33. The summed E-state index contributed by atoms with van der Waals surface area (Å²) in [6, 6.07) is 5.83. The Morgan fingerprint density at radius 3 is 2.65 bits per heavy atom. The Kier molecular flexibility index (Phi) is 5.01. The summed E-state index contributed by atoms with van der Waals surface area (Å²) < 4.78 is 0. The maximum Gasteiger partial charge on any atom is 0.251 e. The number of rotatable bonds is 4. The Hall–Kier alpha value is -1.55. The number of carbonyl (C=O) groups excluding carboxylic acids is 1. The van der Waals surface area contributed by atoms with E-state index in [0.29, 0.717) is 0 Å². The third-order valence-corrected chi connectivity index (χ3v) is 4.13. The number of aryl methyl sites for hydroxylation is 1. The molecule has 2 N–H and O–H groups in total. The molecule has 0 unspecified atom stereocenters. The number of hydrogen-bond donors (Lipinski definition) is 2. The number of likely N-dealkylation sites (tertiary alicyclic amines) is 1. The van der Waals surface area contributed by atoms with Crippen molar-refractivity contribution < 1.29 is 4.79 Å². The summed E-state index contributed by atoms with van der Waals surface area (Å²) in [4.78, 5) is 14.0. The highest BCUT2D eigenvalue weighted by molar-refractivity contribution is 5.94. The van der Waals surface area contributed by atoms with Gasteiger partial charge >= 0.3 is 0 Å². The van der Waals surface area contributed by atoms with E-state index in [1.807, 2.05) is 25.1 Å². The van der Waals surface area contributed by atoms with Crippen LogP contribution in [0.25, 0.3) is 0 Å². The predicted octanol–water partition coefficient (Wildman–Crippen LogP) is 2.11. The molecule has 2 rings (SSSR count). The summed E-state index contributed by atoms with van der Waals surface area (Å²) in [6.45, 7) is 5.46. The van der Waals surface area contributed by atoms with Gasteiger partial charge in [-0.15, -0.1) is 0 Å². The van der Waals surface area contributed by atoms with Gasteiger partial charge in [0.1, 0.15) is 0 Å². The third-order valence-electron chi connectivity index (χ3n) is 4.13. The molecule has 0 atom stereocenters. The molecular weight excluding hydrogens is 250 g/mol. The zero-order valence-electron chi connectivity index (χ0n) is 12.7. The van der Waals surface area contributed by atoms with Crippen molar-refractivity contribution in [3.63, 3.8) is 0 Å². The molecule has 0 saturated carbocycles. The molecule has 110 valence electrons. The van der Waals surface area contributed by atoms with Crippen molar-refractivity contribution in [1.82, 2.24) is 10.2 Å². The fourth-order valence-electron chi connectivity index (χ4n) is 2.67. The highest BCUT2D eigenvalue weighted by Gasteiger charge is 2.16. The largest absolute Gasteiger partial charge is 0.385 e. The van der Waals surface area contributed by atoms with Gasteiger partial charge in [0.2, 0.25) is 0 Å². The van der Waals surface area contributed by atoms with Crippen molar-refractivity contribution in [2.24, 2.45) is 5.92 Å². The van der Waals surface area contributed by atoms with Gasteiger partial charge < -0.3 is 15.5 Å². The second-order valence-corrected chi connectivity index (χ2v) is 5.74. The van der Waals surface area contributed by atoms with E-state index < -0.39 is 0 Å². The Bertz CT molecular complexity index is 465. The second-order valence-electron chi connectivity index (χ2n) is 5.74. The SMILES string of the molecule is CNC(=O)c1ccc(NCC2CCN(C)CC2)c(C)c1. The maximum absolute atomic E-state index is 11.6. The van der Waals surface area contributed by atoms with Gasteiger partial charge in [0.25, 0.3) is 5.91 Å². The lowest BCUT2D eigenvalue weighted by atomic mass is 9.97. The molecule has 1 saturated heterocycles. The summed E-state index contributed by atoms with van der Waals surface area (Å²) in [5, 5.41) is 6.18. The summed E-state index contributed by atoms with van der Waals surface area (Å²) in [6.07, 6.45) is 2.53. The third kappa shape index (κ3) is 3.73. The molecule has 0 radical (unpaired) electrons. The molecule has 0 aliphatic carbocycles. The standard InChI is InChI=1S/C16H25N3O/c1-12-10-14(16(20)17-2)4-5-15(12)18-11-13-6-8-19(3)9-7-13/h4-5,10,13,18H,6-9,11H2,1-3H3,(H,17,20). The van der Waals surface area contributed by atoms with E-state index in [4.69, 9.17) is 0 Å². The van der Waals surface area contributed by atoms with Gasteiger partial charge in [0, 0.05) is 24.8 Å². The number of benzene rings is 1. The van der Waals surface area contributed by atoms with Crippen LogP contribution in [-0.2, 0) is 0 Å². The van der Waals surface area contributed by atoms with E-state index in [0.717, 1.165) is 29.3 Å². The average molecular weight is 275 g/mol. The average Bonchev–Trinajstić information content (AvgIpc) is 2.46. The molecule has 1 aliphatic rings. The van der Waals surface area contributed by atoms with Crippen LogP contribution in [0, 0.1) is 12.8 Å². The van der Waals surface area contributed by atoms with Crippen molar-refractivity contribution >= 4 is 11.6 Å². The van der Waals surface area contributed by atoms with Crippen molar-refractivity contribution in [2.75, 3.05) is 39.0 Å². The molecule has 1 heterocycles. The molecule has 4 nitrogen and oxygen atoms in total. The fraction of sp³-hybridized carbons (Fsp3) is 0.562. The molecule has 1 aliphatic heterocycles. The number of amides is 1. The maximum atomic E-state index is 11.6. The molecule has 1 aromatic rings. The number of nitrogens with zero attached hydrogens (tertiary/aromatic N) is 1. The highest BCUT2D eigenvalue weighted by atomic mass is 16.1. The van der Waals surface area contributed by atoms with Crippen LogP contribution in [0.5, 0.6) is 0 Å². The Balaban J connectivity index is 1.91. The zero-order valence-corrected chi connectivity index (χ0v) is 12.7. The first kappa shape index (κ1) is 14.9. The Morgan fingerprint density at radius 1 is 1.35 bits per heavy atom. The minimum atomic E-state index is -0.0324. The van der Waals surface area contributed by atoms with Crippen LogP contribution in [-0.4, -0.2) is 44.5 Å². The molecule has 0 bridgehead atoms. The van der Waals surface area contributed by atoms with E-state index in [9.17, 15) is 4.79 Å². The Labute approximate surface area is 121 Å². The van der Waals surface area contributed by atoms with Gasteiger partial charge in [-0.3, -0.25) is 4.79 Å². The fourth-order valence-corrected chi connectivity index (χ4v) is 2.67. The first-order valence-corrected chi connectivity index (χ1v) is 7.35. The Morgan fingerprint density at radius 2 is 2.05 bits per heavy atom. The van der Waals surface area contributed by atoms with Gasteiger partial charge in [0.05, 0.1) is 0 Å².